The fraction of sp³-hybridized carbons (Fsp3) is 0.462. The van der Waals surface area contributed by atoms with E-state index in [4.69, 9.17) is 5.73 Å². The Labute approximate surface area is 109 Å². The summed E-state index contributed by atoms with van der Waals surface area (Å²) in [6.07, 6.45) is 0. The SMILES string of the molecule is Cc1ccc(N)cc1C(=O)NCC(C)(C)C.Cl. The average molecular weight is 257 g/mol. The van der Waals surface area contributed by atoms with Crippen molar-refractivity contribution >= 4 is 24.0 Å². The Morgan fingerprint density at radius 2 is 1.94 bits per heavy atom. The second-order valence-corrected chi connectivity index (χ2v) is 5.32. The largest absolute Gasteiger partial charge is 0.399 e. The van der Waals surface area contributed by atoms with E-state index in [9.17, 15) is 4.79 Å². The standard InChI is InChI=1S/C13H20N2O.ClH/c1-9-5-6-10(14)7-11(9)12(16)15-8-13(2,3)4;/h5-7H,8,14H2,1-4H3,(H,15,16);1H. The number of rotatable bonds is 2. The van der Waals surface area contributed by atoms with Crippen molar-refractivity contribution in [2.24, 2.45) is 5.41 Å². The van der Waals surface area contributed by atoms with Gasteiger partial charge in [-0.3, -0.25) is 4.79 Å². The summed E-state index contributed by atoms with van der Waals surface area (Å²) in [5.74, 6) is -0.0558. The van der Waals surface area contributed by atoms with E-state index in [1.165, 1.54) is 0 Å². The van der Waals surface area contributed by atoms with E-state index < -0.39 is 0 Å². The summed E-state index contributed by atoms with van der Waals surface area (Å²) in [6, 6.07) is 5.38. The molecule has 0 atom stereocenters. The smallest absolute Gasteiger partial charge is 0.251 e. The number of nitrogens with two attached hydrogens (primary N) is 1. The molecule has 1 amide bonds. The molecule has 17 heavy (non-hydrogen) atoms. The number of nitrogens with one attached hydrogen (secondary N) is 1. The Bertz CT molecular complexity index is 397. The van der Waals surface area contributed by atoms with Gasteiger partial charge in [-0.2, -0.15) is 0 Å². The van der Waals surface area contributed by atoms with Crippen LogP contribution in [0.3, 0.4) is 0 Å². The molecule has 0 spiro atoms. The van der Waals surface area contributed by atoms with E-state index in [-0.39, 0.29) is 23.7 Å². The molecule has 0 saturated heterocycles. The number of carbonyl (C=O) groups is 1. The third-order valence-corrected chi connectivity index (χ3v) is 2.29. The zero-order chi connectivity index (χ0) is 12.3. The van der Waals surface area contributed by atoms with Crippen LogP contribution >= 0.6 is 12.4 Å². The zero-order valence-corrected chi connectivity index (χ0v) is 11.6. The third-order valence-electron chi connectivity index (χ3n) is 2.29. The average Bonchev–Trinajstić information content (AvgIpc) is 2.17. The second-order valence-electron chi connectivity index (χ2n) is 5.32. The lowest BCUT2D eigenvalue weighted by Gasteiger charge is -2.19. The van der Waals surface area contributed by atoms with Gasteiger partial charge in [0.15, 0.2) is 0 Å². The van der Waals surface area contributed by atoms with Crippen LogP contribution in [0.4, 0.5) is 5.69 Å². The van der Waals surface area contributed by atoms with Crippen molar-refractivity contribution in [2.45, 2.75) is 27.7 Å². The minimum absolute atomic E-state index is 0. The van der Waals surface area contributed by atoms with Crippen molar-refractivity contribution < 1.29 is 4.79 Å². The normalized spacial score (nSPS) is 10.6. The van der Waals surface area contributed by atoms with Crippen molar-refractivity contribution in [3.05, 3.63) is 29.3 Å². The summed E-state index contributed by atoms with van der Waals surface area (Å²) in [6.45, 7) is 8.81. The molecule has 0 saturated carbocycles. The number of hydrogen-bond acceptors (Lipinski definition) is 2. The first kappa shape index (κ1) is 15.8. The van der Waals surface area contributed by atoms with E-state index in [0.29, 0.717) is 17.8 Å². The lowest BCUT2D eigenvalue weighted by molar-refractivity contribution is 0.0938. The number of aryl methyl sites for hydroxylation is 1. The fourth-order valence-corrected chi connectivity index (χ4v) is 1.32. The molecule has 0 bridgehead atoms. The fourth-order valence-electron chi connectivity index (χ4n) is 1.32. The van der Waals surface area contributed by atoms with Gasteiger partial charge in [-0.25, -0.2) is 0 Å². The highest BCUT2D eigenvalue weighted by molar-refractivity contribution is 5.96. The Hall–Kier alpha value is -1.22. The monoisotopic (exact) mass is 256 g/mol. The van der Waals surface area contributed by atoms with Crippen LogP contribution in [-0.2, 0) is 0 Å². The van der Waals surface area contributed by atoms with Gasteiger partial charge in [-0.1, -0.05) is 26.8 Å². The first-order chi connectivity index (χ1) is 7.29. The van der Waals surface area contributed by atoms with Crippen molar-refractivity contribution in [3.63, 3.8) is 0 Å². The van der Waals surface area contributed by atoms with Crippen LogP contribution in [0.1, 0.15) is 36.7 Å². The van der Waals surface area contributed by atoms with Crippen molar-refractivity contribution in [2.75, 3.05) is 12.3 Å². The number of halogens is 1. The minimum Gasteiger partial charge on any atom is -0.399 e. The maximum atomic E-state index is 11.9. The number of carbonyl (C=O) groups excluding carboxylic acids is 1. The second kappa shape index (κ2) is 5.92. The Morgan fingerprint density at radius 1 is 1.35 bits per heavy atom. The lowest BCUT2D eigenvalue weighted by atomic mass is 9.96. The number of nitrogen functional groups attached to an aromatic ring is 1. The molecule has 0 aliphatic carbocycles. The van der Waals surface area contributed by atoms with Crippen LogP contribution in [-0.4, -0.2) is 12.5 Å². The zero-order valence-electron chi connectivity index (χ0n) is 10.8. The Morgan fingerprint density at radius 3 is 2.47 bits per heavy atom. The number of anilines is 1. The van der Waals surface area contributed by atoms with Gasteiger partial charge in [-0.05, 0) is 30.0 Å². The molecule has 1 rings (SSSR count). The molecule has 3 N–H and O–H groups in total. The quantitative estimate of drug-likeness (QED) is 0.800. The van der Waals surface area contributed by atoms with Gasteiger partial charge in [-0.15, -0.1) is 12.4 Å². The molecule has 4 heteroatoms. The van der Waals surface area contributed by atoms with Gasteiger partial charge in [0, 0.05) is 17.8 Å². The van der Waals surface area contributed by atoms with E-state index in [0.717, 1.165) is 5.56 Å². The van der Waals surface area contributed by atoms with Crippen LogP contribution in [0.25, 0.3) is 0 Å². The molecule has 0 unspecified atom stereocenters. The van der Waals surface area contributed by atoms with Gasteiger partial charge in [0.05, 0.1) is 0 Å². The van der Waals surface area contributed by atoms with Crippen LogP contribution < -0.4 is 11.1 Å². The third kappa shape index (κ3) is 5.09. The topological polar surface area (TPSA) is 55.1 Å². The summed E-state index contributed by atoms with van der Waals surface area (Å²) in [7, 11) is 0. The van der Waals surface area contributed by atoms with Crippen molar-refractivity contribution in [1.29, 1.82) is 0 Å². The molecule has 0 radical (unpaired) electrons. The highest BCUT2D eigenvalue weighted by Crippen LogP contribution is 2.14. The molecular weight excluding hydrogens is 236 g/mol. The maximum absolute atomic E-state index is 11.9. The van der Waals surface area contributed by atoms with E-state index in [2.05, 4.69) is 26.1 Å². The van der Waals surface area contributed by atoms with Gasteiger partial charge in [0.25, 0.3) is 5.91 Å². The molecular formula is C13H21ClN2O. The maximum Gasteiger partial charge on any atom is 0.251 e. The molecule has 0 aliphatic rings. The van der Waals surface area contributed by atoms with Crippen LogP contribution in [0.2, 0.25) is 0 Å². The number of hydrogen-bond donors (Lipinski definition) is 2. The predicted octanol–water partition coefficient (Wildman–Crippen LogP) is 2.77. The summed E-state index contributed by atoms with van der Waals surface area (Å²) in [4.78, 5) is 11.9. The van der Waals surface area contributed by atoms with Gasteiger partial charge < -0.3 is 11.1 Å². The van der Waals surface area contributed by atoms with Gasteiger partial charge in [0.1, 0.15) is 0 Å². The van der Waals surface area contributed by atoms with E-state index in [1.54, 1.807) is 12.1 Å². The molecule has 3 nitrogen and oxygen atoms in total. The first-order valence-corrected chi connectivity index (χ1v) is 5.44. The minimum atomic E-state index is -0.0558. The summed E-state index contributed by atoms with van der Waals surface area (Å²) in [5, 5.41) is 2.91. The summed E-state index contributed by atoms with van der Waals surface area (Å²) in [5.41, 5.74) is 7.97. The molecule has 0 fully saturated rings. The highest BCUT2D eigenvalue weighted by atomic mass is 35.5. The highest BCUT2D eigenvalue weighted by Gasteiger charge is 2.14. The molecule has 96 valence electrons. The summed E-state index contributed by atoms with van der Waals surface area (Å²) < 4.78 is 0. The van der Waals surface area contributed by atoms with Crippen LogP contribution in [0.5, 0.6) is 0 Å². The lowest BCUT2D eigenvalue weighted by Crippen LogP contribution is -2.32. The van der Waals surface area contributed by atoms with E-state index in [1.807, 2.05) is 13.0 Å². The summed E-state index contributed by atoms with van der Waals surface area (Å²) >= 11 is 0. The molecule has 0 aliphatic heterocycles. The Balaban J connectivity index is 0.00000256. The van der Waals surface area contributed by atoms with Crippen molar-refractivity contribution in [3.8, 4) is 0 Å². The van der Waals surface area contributed by atoms with Crippen molar-refractivity contribution in [1.82, 2.24) is 5.32 Å². The van der Waals surface area contributed by atoms with Gasteiger partial charge in [0.2, 0.25) is 0 Å². The van der Waals surface area contributed by atoms with Crippen LogP contribution in [0.15, 0.2) is 18.2 Å². The first-order valence-electron chi connectivity index (χ1n) is 5.44. The molecule has 0 heterocycles. The molecule has 1 aromatic rings. The van der Waals surface area contributed by atoms with E-state index >= 15 is 0 Å². The number of amides is 1. The molecule has 1 aromatic carbocycles. The predicted molar refractivity (Wildman–Crippen MR) is 74.6 cm³/mol. The van der Waals surface area contributed by atoms with Gasteiger partial charge >= 0.3 is 0 Å². The number of benzene rings is 1. The molecule has 0 aromatic heterocycles. The van der Waals surface area contributed by atoms with Crippen LogP contribution in [0, 0.1) is 12.3 Å². The Kier molecular flexibility index (Phi) is 5.49.